The van der Waals surface area contributed by atoms with Crippen molar-refractivity contribution in [2.24, 2.45) is 5.92 Å². The molecule has 0 bridgehead atoms. The lowest BCUT2D eigenvalue weighted by atomic mass is 9.96. The fraction of sp³-hybridized carbons (Fsp3) is 0.333. The van der Waals surface area contributed by atoms with Gasteiger partial charge in [0.1, 0.15) is 5.76 Å². The first-order valence-electron chi connectivity index (χ1n) is 11.1. The maximum absolute atomic E-state index is 12.7. The van der Waals surface area contributed by atoms with Crippen LogP contribution in [0.3, 0.4) is 0 Å². The number of hydrogen-bond donors (Lipinski definition) is 3. The highest BCUT2D eigenvalue weighted by molar-refractivity contribution is 7.13. The summed E-state index contributed by atoms with van der Waals surface area (Å²) in [6.45, 7) is 3.64. The van der Waals surface area contributed by atoms with Crippen LogP contribution in [0.1, 0.15) is 34.7 Å². The number of amides is 3. The summed E-state index contributed by atoms with van der Waals surface area (Å²) in [5.41, 5.74) is 1.73. The number of aromatic nitrogens is 1. The van der Waals surface area contributed by atoms with Gasteiger partial charge in [0.05, 0.1) is 36.3 Å². The van der Waals surface area contributed by atoms with Crippen LogP contribution in [-0.4, -0.2) is 47.2 Å². The van der Waals surface area contributed by atoms with Gasteiger partial charge in [-0.25, -0.2) is 4.98 Å². The van der Waals surface area contributed by atoms with Crippen LogP contribution >= 0.6 is 11.3 Å². The van der Waals surface area contributed by atoms with E-state index in [0.717, 1.165) is 5.69 Å². The molecule has 3 aromatic rings. The molecular formula is C24H27N5O4S. The first-order chi connectivity index (χ1) is 16.5. The average molecular weight is 482 g/mol. The van der Waals surface area contributed by atoms with Crippen LogP contribution in [0.4, 0.5) is 10.8 Å². The zero-order valence-electron chi connectivity index (χ0n) is 18.9. The van der Waals surface area contributed by atoms with E-state index in [0.29, 0.717) is 48.1 Å². The number of carbonyl (C=O) groups is 3. The third kappa shape index (κ3) is 6.30. The van der Waals surface area contributed by atoms with E-state index in [2.05, 4.69) is 20.9 Å². The third-order valence-electron chi connectivity index (χ3n) is 5.62. The molecule has 0 aliphatic carbocycles. The summed E-state index contributed by atoms with van der Waals surface area (Å²) >= 11 is 1.42. The van der Waals surface area contributed by atoms with Crippen molar-refractivity contribution in [2.45, 2.75) is 26.3 Å². The highest BCUT2D eigenvalue weighted by Crippen LogP contribution is 2.22. The normalized spacial score (nSPS) is 14.5. The molecule has 1 saturated heterocycles. The number of nitrogens with one attached hydrogen (secondary N) is 3. The van der Waals surface area contributed by atoms with Crippen LogP contribution in [0.15, 0.2) is 52.5 Å². The largest absolute Gasteiger partial charge is 0.467 e. The molecule has 3 amide bonds. The minimum absolute atomic E-state index is 0.0204. The smallest absolute Gasteiger partial charge is 0.253 e. The molecule has 0 spiro atoms. The highest BCUT2D eigenvalue weighted by Gasteiger charge is 2.26. The Morgan fingerprint density at radius 1 is 1.12 bits per heavy atom. The van der Waals surface area contributed by atoms with Crippen molar-refractivity contribution in [3.05, 3.63) is 65.1 Å². The second kappa shape index (κ2) is 11.1. The number of piperidine rings is 1. The summed E-state index contributed by atoms with van der Waals surface area (Å²) < 4.78 is 5.23. The van der Waals surface area contributed by atoms with Crippen molar-refractivity contribution in [1.82, 2.24) is 15.2 Å². The minimum atomic E-state index is -0.297. The van der Waals surface area contributed by atoms with Gasteiger partial charge in [-0.15, -0.1) is 11.3 Å². The molecule has 1 aliphatic rings. The summed E-state index contributed by atoms with van der Waals surface area (Å²) in [4.78, 5) is 44.1. The lowest BCUT2D eigenvalue weighted by Crippen LogP contribution is -2.42. The molecule has 0 unspecified atom stereocenters. The van der Waals surface area contributed by atoms with Crippen LogP contribution in [0.5, 0.6) is 0 Å². The standard InChI is InChI=1S/C24H27N5O4S/c1-16-15-34-24(26-16)28-22(31)17-8-10-29(11-9-17)14-21(30)27-20-7-3-2-6-19(20)23(32)25-13-18-5-4-12-33-18/h2-7,12,15,17H,8-11,13-14H2,1H3,(H,25,32)(H,27,30)(H,26,28,31). The Labute approximate surface area is 201 Å². The number of carbonyl (C=O) groups excluding carboxylic acids is 3. The average Bonchev–Trinajstić information content (AvgIpc) is 3.50. The van der Waals surface area contributed by atoms with Gasteiger partial charge in [-0.2, -0.15) is 0 Å². The van der Waals surface area contributed by atoms with Gasteiger partial charge in [0.25, 0.3) is 5.91 Å². The first kappa shape index (κ1) is 23.7. The van der Waals surface area contributed by atoms with Gasteiger partial charge in [0, 0.05) is 11.3 Å². The van der Waals surface area contributed by atoms with E-state index in [9.17, 15) is 14.4 Å². The Morgan fingerprint density at radius 2 is 1.91 bits per heavy atom. The fourth-order valence-electron chi connectivity index (χ4n) is 3.83. The van der Waals surface area contributed by atoms with Crippen molar-refractivity contribution in [3.63, 3.8) is 0 Å². The van der Waals surface area contributed by atoms with Crippen molar-refractivity contribution in [1.29, 1.82) is 0 Å². The first-order valence-corrected chi connectivity index (χ1v) is 12.0. The van der Waals surface area contributed by atoms with Crippen LogP contribution in [0.25, 0.3) is 0 Å². The topological polar surface area (TPSA) is 117 Å². The summed E-state index contributed by atoms with van der Waals surface area (Å²) in [6.07, 6.45) is 2.90. The molecule has 1 fully saturated rings. The molecule has 1 aliphatic heterocycles. The summed E-state index contributed by atoms with van der Waals surface area (Å²) in [7, 11) is 0. The summed E-state index contributed by atoms with van der Waals surface area (Å²) in [6, 6.07) is 10.4. The molecule has 3 N–H and O–H groups in total. The van der Waals surface area contributed by atoms with E-state index in [-0.39, 0.29) is 36.7 Å². The number of benzene rings is 1. The predicted molar refractivity (Wildman–Crippen MR) is 130 cm³/mol. The van der Waals surface area contributed by atoms with Gasteiger partial charge in [0.15, 0.2) is 5.13 Å². The molecule has 3 heterocycles. The van der Waals surface area contributed by atoms with Crippen molar-refractivity contribution >= 4 is 39.9 Å². The zero-order valence-corrected chi connectivity index (χ0v) is 19.7. The number of anilines is 2. The van der Waals surface area contributed by atoms with Crippen LogP contribution in [0.2, 0.25) is 0 Å². The number of aryl methyl sites for hydroxylation is 1. The van der Waals surface area contributed by atoms with E-state index in [1.165, 1.54) is 11.3 Å². The molecule has 9 nitrogen and oxygen atoms in total. The number of thiazole rings is 1. The monoisotopic (exact) mass is 481 g/mol. The van der Waals surface area contributed by atoms with Crippen molar-refractivity contribution < 1.29 is 18.8 Å². The lowest BCUT2D eigenvalue weighted by Gasteiger charge is -2.30. The number of rotatable bonds is 8. The zero-order chi connectivity index (χ0) is 23.9. The predicted octanol–water partition coefficient (Wildman–Crippen LogP) is 3.26. The molecule has 10 heteroatoms. The summed E-state index contributed by atoms with van der Waals surface area (Å²) in [5, 5.41) is 11.0. The van der Waals surface area contributed by atoms with Gasteiger partial charge < -0.3 is 20.4 Å². The molecule has 34 heavy (non-hydrogen) atoms. The quantitative estimate of drug-likeness (QED) is 0.455. The fourth-order valence-corrected chi connectivity index (χ4v) is 4.52. The number of likely N-dealkylation sites (tertiary alicyclic amines) is 1. The highest BCUT2D eigenvalue weighted by atomic mass is 32.1. The van der Waals surface area contributed by atoms with Gasteiger partial charge >= 0.3 is 0 Å². The molecular weight excluding hydrogens is 454 g/mol. The molecule has 0 radical (unpaired) electrons. The Bertz CT molecular complexity index is 1140. The van der Waals surface area contributed by atoms with Crippen LogP contribution < -0.4 is 16.0 Å². The molecule has 0 atom stereocenters. The van der Waals surface area contributed by atoms with Gasteiger partial charge in [-0.3, -0.25) is 19.3 Å². The van der Waals surface area contributed by atoms with Crippen LogP contribution in [-0.2, 0) is 16.1 Å². The third-order valence-corrected chi connectivity index (χ3v) is 6.50. The summed E-state index contributed by atoms with van der Waals surface area (Å²) in [5.74, 6) is 0.0331. The number of para-hydroxylation sites is 1. The van der Waals surface area contributed by atoms with Gasteiger partial charge in [-0.05, 0) is 57.1 Å². The molecule has 4 rings (SSSR count). The number of nitrogens with zero attached hydrogens (tertiary/aromatic N) is 2. The Balaban J connectivity index is 1.25. The molecule has 2 aromatic heterocycles. The second-order valence-corrected chi connectivity index (χ2v) is 9.05. The molecule has 178 valence electrons. The maximum Gasteiger partial charge on any atom is 0.253 e. The van der Waals surface area contributed by atoms with Crippen molar-refractivity contribution in [2.75, 3.05) is 30.3 Å². The van der Waals surface area contributed by atoms with Crippen molar-refractivity contribution in [3.8, 4) is 0 Å². The SMILES string of the molecule is Cc1csc(NC(=O)C2CCN(CC(=O)Nc3ccccc3C(=O)NCc3ccco3)CC2)n1. The maximum atomic E-state index is 12.7. The number of hydrogen-bond acceptors (Lipinski definition) is 7. The van der Waals surface area contributed by atoms with Gasteiger partial charge in [-0.1, -0.05) is 12.1 Å². The lowest BCUT2D eigenvalue weighted by molar-refractivity contribution is -0.121. The number of furan rings is 1. The Morgan fingerprint density at radius 3 is 2.62 bits per heavy atom. The van der Waals surface area contributed by atoms with Gasteiger partial charge in [0.2, 0.25) is 11.8 Å². The Kier molecular flexibility index (Phi) is 7.71. The van der Waals surface area contributed by atoms with Crippen LogP contribution in [0, 0.1) is 12.8 Å². The van der Waals surface area contributed by atoms with E-state index >= 15 is 0 Å². The van der Waals surface area contributed by atoms with E-state index in [1.807, 2.05) is 17.2 Å². The van der Waals surface area contributed by atoms with E-state index in [1.54, 1.807) is 42.7 Å². The second-order valence-electron chi connectivity index (χ2n) is 8.19. The Hall–Kier alpha value is -3.50. The van der Waals surface area contributed by atoms with E-state index in [4.69, 9.17) is 4.42 Å². The van der Waals surface area contributed by atoms with E-state index < -0.39 is 0 Å². The minimum Gasteiger partial charge on any atom is -0.467 e. The molecule has 1 aromatic carbocycles. The molecule has 0 saturated carbocycles.